The molecule has 1 fully saturated rings. The summed E-state index contributed by atoms with van der Waals surface area (Å²) in [5.41, 5.74) is 1.52. The first-order chi connectivity index (χ1) is 13.6. The van der Waals surface area contributed by atoms with Gasteiger partial charge in [0.05, 0.1) is 18.2 Å². The van der Waals surface area contributed by atoms with E-state index in [1.165, 1.54) is 6.26 Å². The lowest BCUT2D eigenvalue weighted by molar-refractivity contribution is -0.149. The van der Waals surface area contributed by atoms with Gasteiger partial charge in [0.25, 0.3) is 0 Å². The van der Waals surface area contributed by atoms with Crippen molar-refractivity contribution >= 4 is 11.9 Å². The van der Waals surface area contributed by atoms with Crippen LogP contribution < -0.4 is 0 Å². The van der Waals surface area contributed by atoms with Crippen molar-refractivity contribution < 1.29 is 23.3 Å². The second-order valence-electron chi connectivity index (χ2n) is 6.80. The zero-order valence-corrected chi connectivity index (χ0v) is 15.4. The van der Waals surface area contributed by atoms with Gasteiger partial charge in [-0.05, 0) is 24.6 Å². The van der Waals surface area contributed by atoms with Gasteiger partial charge in [-0.2, -0.15) is 0 Å². The van der Waals surface area contributed by atoms with Crippen LogP contribution in [0.1, 0.15) is 30.6 Å². The van der Waals surface area contributed by atoms with Crippen LogP contribution in [0.5, 0.6) is 0 Å². The van der Waals surface area contributed by atoms with Crippen LogP contribution in [0.4, 0.5) is 0 Å². The first-order valence-electron chi connectivity index (χ1n) is 9.12. The monoisotopic (exact) mass is 380 g/mol. The minimum Gasteiger partial charge on any atom is -0.461 e. The molecule has 144 valence electrons. The van der Waals surface area contributed by atoms with E-state index < -0.39 is 11.9 Å². The Morgan fingerprint density at radius 1 is 1.25 bits per heavy atom. The maximum atomic E-state index is 12.4. The molecule has 3 aromatic rings. The van der Waals surface area contributed by atoms with Gasteiger partial charge >= 0.3 is 5.97 Å². The third-order valence-corrected chi connectivity index (χ3v) is 4.93. The topological polar surface area (TPSA) is 85.8 Å². The highest BCUT2D eigenvalue weighted by Gasteiger charge is 2.38. The number of rotatable bonds is 6. The van der Waals surface area contributed by atoms with Crippen molar-refractivity contribution in [1.29, 1.82) is 0 Å². The average Bonchev–Trinajstić information content (AvgIpc) is 3.46. The summed E-state index contributed by atoms with van der Waals surface area (Å²) in [4.78, 5) is 26.5. The van der Waals surface area contributed by atoms with Crippen molar-refractivity contribution in [2.24, 2.45) is 5.92 Å². The molecule has 1 aliphatic heterocycles. The number of hydrogen-bond acceptors (Lipinski definition) is 6. The molecule has 1 amide bonds. The molecule has 1 aromatic carbocycles. The van der Waals surface area contributed by atoms with Crippen molar-refractivity contribution in [2.75, 3.05) is 6.54 Å². The zero-order chi connectivity index (χ0) is 19.5. The zero-order valence-electron chi connectivity index (χ0n) is 15.4. The number of nitrogens with zero attached hydrogens (tertiary/aromatic N) is 2. The third kappa shape index (κ3) is 3.69. The maximum absolute atomic E-state index is 12.4. The molecule has 0 bridgehead atoms. The van der Waals surface area contributed by atoms with Crippen LogP contribution in [-0.2, 0) is 20.9 Å². The van der Waals surface area contributed by atoms with E-state index in [1.807, 2.05) is 37.3 Å². The number of furan rings is 1. The van der Waals surface area contributed by atoms with Gasteiger partial charge in [-0.25, -0.2) is 0 Å². The first-order valence-corrected chi connectivity index (χ1v) is 9.12. The van der Waals surface area contributed by atoms with Gasteiger partial charge in [-0.15, -0.1) is 0 Å². The molecular weight excluding hydrogens is 360 g/mol. The summed E-state index contributed by atoms with van der Waals surface area (Å²) < 4.78 is 15.8. The van der Waals surface area contributed by atoms with Gasteiger partial charge in [0.2, 0.25) is 11.7 Å². The molecule has 0 aliphatic carbocycles. The Bertz CT molecular complexity index is 948. The molecule has 0 radical (unpaired) electrons. The summed E-state index contributed by atoms with van der Waals surface area (Å²) in [6, 6.07) is 14.8. The van der Waals surface area contributed by atoms with Gasteiger partial charge < -0.3 is 18.6 Å². The largest absolute Gasteiger partial charge is 0.461 e. The lowest BCUT2D eigenvalue weighted by Gasteiger charge is -2.25. The van der Waals surface area contributed by atoms with Gasteiger partial charge in [0, 0.05) is 19.0 Å². The van der Waals surface area contributed by atoms with Crippen molar-refractivity contribution in [3.8, 4) is 11.5 Å². The van der Waals surface area contributed by atoms with E-state index in [9.17, 15) is 9.59 Å². The highest BCUT2D eigenvalue weighted by atomic mass is 16.5. The molecule has 7 heteroatoms. The Labute approximate surface area is 161 Å². The van der Waals surface area contributed by atoms with E-state index in [-0.39, 0.29) is 25.0 Å². The van der Waals surface area contributed by atoms with E-state index in [4.69, 9.17) is 13.7 Å². The van der Waals surface area contributed by atoms with E-state index in [0.29, 0.717) is 23.8 Å². The van der Waals surface area contributed by atoms with Gasteiger partial charge in [0.1, 0.15) is 12.3 Å². The molecule has 2 atom stereocenters. The number of esters is 1. The van der Waals surface area contributed by atoms with Crippen LogP contribution in [-0.4, -0.2) is 28.5 Å². The number of ether oxygens (including phenoxy) is 1. The molecule has 1 saturated heterocycles. The molecule has 0 spiro atoms. The van der Waals surface area contributed by atoms with Crippen LogP contribution in [0.3, 0.4) is 0 Å². The second kappa shape index (κ2) is 7.72. The number of aromatic nitrogens is 1. The molecule has 2 aromatic heterocycles. The molecule has 1 aliphatic rings. The molecular formula is C21H20N2O5. The number of hydrogen-bond donors (Lipinski definition) is 0. The normalized spacial score (nSPS) is 17.7. The molecule has 0 unspecified atom stereocenters. The van der Waals surface area contributed by atoms with Crippen molar-refractivity contribution in [2.45, 2.75) is 26.0 Å². The fourth-order valence-electron chi connectivity index (χ4n) is 3.35. The number of likely N-dealkylation sites (tertiary alicyclic amines) is 1. The summed E-state index contributed by atoms with van der Waals surface area (Å²) in [7, 11) is 0. The second-order valence-corrected chi connectivity index (χ2v) is 6.80. The highest BCUT2D eigenvalue weighted by molar-refractivity contribution is 5.87. The molecule has 0 N–H and O–H groups in total. The SMILES string of the molecule is C[C@H](c1ccccc1)N1C[C@@H](C(=O)OCc2cc(-c3ccco3)on2)CC1=O. The molecule has 4 rings (SSSR count). The van der Waals surface area contributed by atoms with E-state index >= 15 is 0 Å². The lowest BCUT2D eigenvalue weighted by atomic mass is 10.1. The third-order valence-electron chi connectivity index (χ3n) is 4.93. The summed E-state index contributed by atoms with van der Waals surface area (Å²) >= 11 is 0. The van der Waals surface area contributed by atoms with E-state index in [0.717, 1.165) is 5.56 Å². The summed E-state index contributed by atoms with van der Waals surface area (Å²) in [6.45, 7) is 2.30. The minimum absolute atomic E-state index is 0.0119. The first kappa shape index (κ1) is 18.0. The number of benzene rings is 1. The van der Waals surface area contributed by atoms with Crippen LogP contribution >= 0.6 is 0 Å². The predicted octanol–water partition coefficient (Wildman–Crippen LogP) is 3.59. The van der Waals surface area contributed by atoms with E-state index in [2.05, 4.69) is 5.16 Å². The van der Waals surface area contributed by atoms with Crippen molar-refractivity contribution in [3.05, 3.63) is 66.1 Å². The fraction of sp³-hybridized carbons (Fsp3) is 0.286. The smallest absolute Gasteiger partial charge is 0.311 e. The van der Waals surface area contributed by atoms with Crippen LogP contribution in [0.15, 0.2) is 63.7 Å². The molecule has 3 heterocycles. The fourth-order valence-corrected chi connectivity index (χ4v) is 3.35. The summed E-state index contributed by atoms with van der Waals surface area (Å²) in [6.07, 6.45) is 1.70. The Balaban J connectivity index is 1.34. The number of amides is 1. The molecule has 28 heavy (non-hydrogen) atoms. The maximum Gasteiger partial charge on any atom is 0.311 e. The van der Waals surface area contributed by atoms with Crippen molar-refractivity contribution in [1.82, 2.24) is 10.1 Å². The Kier molecular flexibility index (Phi) is 4.97. The summed E-state index contributed by atoms with van der Waals surface area (Å²) in [5.74, 6) is 0.0978. The molecule has 0 saturated carbocycles. The molecule has 7 nitrogen and oxygen atoms in total. The number of carbonyl (C=O) groups is 2. The van der Waals surface area contributed by atoms with Crippen LogP contribution in [0.2, 0.25) is 0 Å². The standard InChI is InChI=1S/C21H20N2O5/c1-14(15-6-3-2-4-7-15)23-12-16(10-20(23)24)21(25)27-13-17-11-19(28-22-17)18-8-5-9-26-18/h2-9,11,14,16H,10,12-13H2,1H3/t14-,16+/m1/s1. The van der Waals surface area contributed by atoms with Crippen LogP contribution in [0, 0.1) is 5.92 Å². The quantitative estimate of drug-likeness (QED) is 0.608. The van der Waals surface area contributed by atoms with Gasteiger partial charge in [0.15, 0.2) is 5.76 Å². The number of carbonyl (C=O) groups excluding carboxylic acids is 2. The van der Waals surface area contributed by atoms with Gasteiger partial charge in [-0.1, -0.05) is 35.5 Å². The minimum atomic E-state index is -0.477. The Hall–Kier alpha value is -3.35. The predicted molar refractivity (Wildman–Crippen MR) is 98.7 cm³/mol. The van der Waals surface area contributed by atoms with Crippen molar-refractivity contribution in [3.63, 3.8) is 0 Å². The van der Waals surface area contributed by atoms with Gasteiger partial charge in [-0.3, -0.25) is 9.59 Å². The lowest BCUT2D eigenvalue weighted by Crippen LogP contribution is -2.29. The summed E-state index contributed by atoms with van der Waals surface area (Å²) in [5, 5.41) is 3.88. The Morgan fingerprint density at radius 2 is 2.07 bits per heavy atom. The Morgan fingerprint density at radius 3 is 2.82 bits per heavy atom. The highest BCUT2D eigenvalue weighted by Crippen LogP contribution is 2.29. The van der Waals surface area contributed by atoms with E-state index in [1.54, 1.807) is 23.1 Å². The average molecular weight is 380 g/mol. The van der Waals surface area contributed by atoms with Crippen LogP contribution in [0.25, 0.3) is 11.5 Å².